The van der Waals surface area contributed by atoms with E-state index in [1.807, 2.05) is 25.3 Å². The number of anilines is 1. The van der Waals surface area contributed by atoms with Crippen molar-refractivity contribution in [3.8, 4) is 5.82 Å². The molecule has 0 aliphatic carbocycles. The number of nitrogens with zero attached hydrogens (tertiary/aromatic N) is 3. The minimum absolute atomic E-state index is 0.694. The summed E-state index contributed by atoms with van der Waals surface area (Å²) < 4.78 is 2.62. The molecule has 2 heterocycles. The zero-order valence-electron chi connectivity index (χ0n) is 7.61. The standard InChI is InChI=1S/C9H9BrN4/c1-6-8(11)2-3-9(13-6)14-5-7(10)4-12-14/h2-5H,11H2,1H3. The van der Waals surface area contributed by atoms with Crippen LogP contribution in [-0.2, 0) is 0 Å². The summed E-state index contributed by atoms with van der Waals surface area (Å²) in [7, 11) is 0. The molecule has 5 heteroatoms. The van der Waals surface area contributed by atoms with Crippen molar-refractivity contribution in [1.29, 1.82) is 0 Å². The van der Waals surface area contributed by atoms with E-state index in [0.29, 0.717) is 5.69 Å². The average Bonchev–Trinajstić information content (AvgIpc) is 2.57. The molecule has 2 aromatic rings. The number of pyridine rings is 1. The van der Waals surface area contributed by atoms with Crippen LogP contribution in [0.2, 0.25) is 0 Å². The van der Waals surface area contributed by atoms with E-state index in [1.54, 1.807) is 10.9 Å². The Hall–Kier alpha value is -1.36. The summed E-state index contributed by atoms with van der Waals surface area (Å²) in [6, 6.07) is 3.66. The minimum atomic E-state index is 0.694. The fourth-order valence-electron chi connectivity index (χ4n) is 1.11. The third-order valence-corrected chi connectivity index (χ3v) is 2.31. The van der Waals surface area contributed by atoms with Crippen molar-refractivity contribution in [2.45, 2.75) is 6.92 Å². The van der Waals surface area contributed by atoms with Crippen molar-refractivity contribution >= 4 is 21.6 Å². The first-order valence-electron chi connectivity index (χ1n) is 4.10. The summed E-state index contributed by atoms with van der Waals surface area (Å²) in [5.74, 6) is 0.766. The fraction of sp³-hybridized carbons (Fsp3) is 0.111. The maximum Gasteiger partial charge on any atom is 0.153 e. The van der Waals surface area contributed by atoms with Crippen LogP contribution in [0.5, 0.6) is 0 Å². The van der Waals surface area contributed by atoms with Crippen molar-refractivity contribution < 1.29 is 0 Å². The number of hydrogen-bond acceptors (Lipinski definition) is 3. The minimum Gasteiger partial charge on any atom is -0.397 e. The second kappa shape index (κ2) is 3.42. The average molecular weight is 253 g/mol. The Balaban J connectivity index is 2.47. The van der Waals surface area contributed by atoms with Crippen LogP contribution in [0.15, 0.2) is 29.0 Å². The van der Waals surface area contributed by atoms with Crippen molar-refractivity contribution in [2.24, 2.45) is 0 Å². The number of halogens is 1. The smallest absolute Gasteiger partial charge is 0.153 e. The van der Waals surface area contributed by atoms with Gasteiger partial charge in [0.15, 0.2) is 5.82 Å². The second-order valence-electron chi connectivity index (χ2n) is 2.95. The van der Waals surface area contributed by atoms with Gasteiger partial charge < -0.3 is 5.73 Å². The molecule has 0 saturated carbocycles. The van der Waals surface area contributed by atoms with E-state index in [4.69, 9.17) is 5.73 Å². The molecule has 0 amide bonds. The molecule has 0 saturated heterocycles. The molecule has 0 spiro atoms. The third-order valence-electron chi connectivity index (χ3n) is 1.90. The molecule has 14 heavy (non-hydrogen) atoms. The molecule has 0 aromatic carbocycles. The van der Waals surface area contributed by atoms with Crippen molar-refractivity contribution in [1.82, 2.24) is 14.8 Å². The first-order valence-corrected chi connectivity index (χ1v) is 4.90. The molecule has 0 atom stereocenters. The van der Waals surface area contributed by atoms with E-state index < -0.39 is 0 Å². The fourth-order valence-corrected chi connectivity index (χ4v) is 1.40. The van der Waals surface area contributed by atoms with E-state index in [1.165, 1.54) is 0 Å². The lowest BCUT2D eigenvalue weighted by molar-refractivity contribution is 0.841. The third kappa shape index (κ3) is 1.63. The van der Waals surface area contributed by atoms with Crippen LogP contribution in [0, 0.1) is 6.92 Å². The highest BCUT2D eigenvalue weighted by Gasteiger charge is 2.02. The van der Waals surface area contributed by atoms with Gasteiger partial charge in [0.25, 0.3) is 0 Å². The largest absolute Gasteiger partial charge is 0.397 e. The normalized spacial score (nSPS) is 10.4. The van der Waals surface area contributed by atoms with Crippen LogP contribution in [-0.4, -0.2) is 14.8 Å². The highest BCUT2D eigenvalue weighted by molar-refractivity contribution is 9.10. The van der Waals surface area contributed by atoms with E-state index in [0.717, 1.165) is 16.0 Å². The van der Waals surface area contributed by atoms with Gasteiger partial charge in [-0.2, -0.15) is 5.10 Å². The summed E-state index contributed by atoms with van der Waals surface area (Å²) in [6.07, 6.45) is 3.56. The number of aromatic nitrogens is 3. The van der Waals surface area contributed by atoms with Gasteiger partial charge in [-0.15, -0.1) is 0 Å². The molecule has 2 N–H and O–H groups in total. The van der Waals surface area contributed by atoms with Crippen LogP contribution >= 0.6 is 15.9 Å². The van der Waals surface area contributed by atoms with Gasteiger partial charge in [0.1, 0.15) is 0 Å². The topological polar surface area (TPSA) is 56.7 Å². The lowest BCUT2D eigenvalue weighted by Crippen LogP contribution is -2.01. The Kier molecular flexibility index (Phi) is 2.25. The van der Waals surface area contributed by atoms with Crippen molar-refractivity contribution in [3.63, 3.8) is 0 Å². The Morgan fingerprint density at radius 3 is 2.79 bits per heavy atom. The number of hydrogen-bond donors (Lipinski definition) is 1. The maximum absolute atomic E-state index is 5.67. The molecule has 0 bridgehead atoms. The maximum atomic E-state index is 5.67. The van der Waals surface area contributed by atoms with Crippen LogP contribution < -0.4 is 5.73 Å². The number of nitrogen functional groups attached to an aromatic ring is 1. The summed E-state index contributed by atoms with van der Waals surface area (Å²) in [4.78, 5) is 4.31. The quantitative estimate of drug-likeness (QED) is 0.844. The Morgan fingerprint density at radius 2 is 2.21 bits per heavy atom. The van der Waals surface area contributed by atoms with Crippen molar-refractivity contribution in [2.75, 3.05) is 5.73 Å². The number of rotatable bonds is 1. The molecule has 72 valence electrons. The molecular weight excluding hydrogens is 244 g/mol. The highest BCUT2D eigenvalue weighted by atomic mass is 79.9. The van der Waals surface area contributed by atoms with Crippen LogP contribution in [0.1, 0.15) is 5.69 Å². The molecular formula is C9H9BrN4. The van der Waals surface area contributed by atoms with Gasteiger partial charge in [0.2, 0.25) is 0 Å². The SMILES string of the molecule is Cc1nc(-n2cc(Br)cn2)ccc1N. The van der Waals surface area contributed by atoms with E-state index in [-0.39, 0.29) is 0 Å². The van der Waals surface area contributed by atoms with Gasteiger partial charge >= 0.3 is 0 Å². The summed E-state index contributed by atoms with van der Waals surface area (Å²) >= 11 is 3.33. The van der Waals surface area contributed by atoms with Gasteiger partial charge in [0.05, 0.1) is 22.1 Å². The van der Waals surface area contributed by atoms with Crippen molar-refractivity contribution in [3.05, 3.63) is 34.7 Å². The molecule has 2 aromatic heterocycles. The Morgan fingerprint density at radius 1 is 1.43 bits per heavy atom. The van der Waals surface area contributed by atoms with Gasteiger partial charge in [0, 0.05) is 6.20 Å². The number of nitrogens with two attached hydrogens (primary N) is 1. The van der Waals surface area contributed by atoms with Gasteiger partial charge in [-0.25, -0.2) is 9.67 Å². The van der Waals surface area contributed by atoms with Crippen LogP contribution in [0.25, 0.3) is 5.82 Å². The summed E-state index contributed by atoms with van der Waals surface area (Å²) in [6.45, 7) is 1.87. The summed E-state index contributed by atoms with van der Waals surface area (Å²) in [5, 5.41) is 4.12. The molecule has 2 rings (SSSR count). The Labute approximate surface area is 89.9 Å². The molecule has 0 fully saturated rings. The predicted molar refractivity (Wildman–Crippen MR) is 58.2 cm³/mol. The van der Waals surface area contributed by atoms with Crippen LogP contribution in [0.4, 0.5) is 5.69 Å². The van der Waals surface area contributed by atoms with E-state index in [2.05, 4.69) is 26.0 Å². The van der Waals surface area contributed by atoms with Crippen LogP contribution in [0.3, 0.4) is 0 Å². The van der Waals surface area contributed by atoms with Gasteiger partial charge in [-0.1, -0.05) is 0 Å². The Bertz CT molecular complexity index is 464. The lowest BCUT2D eigenvalue weighted by atomic mass is 10.3. The summed E-state index contributed by atoms with van der Waals surface area (Å²) in [5.41, 5.74) is 7.18. The van der Waals surface area contributed by atoms with Gasteiger partial charge in [-0.3, -0.25) is 0 Å². The monoisotopic (exact) mass is 252 g/mol. The molecule has 0 aliphatic rings. The van der Waals surface area contributed by atoms with E-state index >= 15 is 0 Å². The zero-order chi connectivity index (χ0) is 10.1. The first-order chi connectivity index (χ1) is 6.66. The predicted octanol–water partition coefficient (Wildman–Crippen LogP) is 1.92. The molecule has 4 nitrogen and oxygen atoms in total. The zero-order valence-corrected chi connectivity index (χ0v) is 9.19. The van der Waals surface area contributed by atoms with E-state index in [9.17, 15) is 0 Å². The highest BCUT2D eigenvalue weighted by Crippen LogP contribution is 2.13. The molecule has 0 unspecified atom stereocenters. The molecule has 0 aliphatic heterocycles. The number of aryl methyl sites for hydroxylation is 1. The second-order valence-corrected chi connectivity index (χ2v) is 3.86. The first kappa shape index (κ1) is 9.21. The molecule has 0 radical (unpaired) electrons. The lowest BCUT2D eigenvalue weighted by Gasteiger charge is -2.03. The van der Waals surface area contributed by atoms with Gasteiger partial charge in [-0.05, 0) is 35.0 Å².